The smallest absolute Gasteiger partial charge is 0.262 e. The third-order valence-corrected chi connectivity index (χ3v) is 5.86. The van der Waals surface area contributed by atoms with Crippen LogP contribution in [-0.2, 0) is 14.8 Å². The van der Waals surface area contributed by atoms with Crippen LogP contribution in [0.3, 0.4) is 0 Å². The molecule has 0 bridgehead atoms. The van der Waals surface area contributed by atoms with Crippen LogP contribution >= 0.6 is 0 Å². The van der Waals surface area contributed by atoms with Crippen molar-refractivity contribution in [3.63, 3.8) is 0 Å². The maximum Gasteiger partial charge on any atom is 0.262 e. The molecular weight excluding hydrogens is 421 g/mol. The third-order valence-electron chi connectivity index (χ3n) is 4.50. The Bertz CT molecular complexity index is 1420. The van der Waals surface area contributed by atoms with Crippen molar-refractivity contribution in [3.05, 3.63) is 66.1 Å². The quantitative estimate of drug-likeness (QED) is 0.437. The van der Waals surface area contributed by atoms with E-state index in [1.54, 1.807) is 24.3 Å². The van der Waals surface area contributed by atoms with Crippen LogP contribution in [-0.4, -0.2) is 29.5 Å². The maximum atomic E-state index is 14.4. The van der Waals surface area contributed by atoms with Crippen molar-refractivity contribution < 1.29 is 17.6 Å². The van der Waals surface area contributed by atoms with E-state index in [1.165, 1.54) is 25.3 Å². The second kappa shape index (κ2) is 7.80. The number of carbonyl (C=O) groups excluding carboxylic acids is 1. The summed E-state index contributed by atoms with van der Waals surface area (Å²) < 4.78 is 42.5. The molecule has 10 heteroatoms. The lowest BCUT2D eigenvalue weighted by Gasteiger charge is -2.11. The number of aryl methyl sites for hydroxylation is 1. The van der Waals surface area contributed by atoms with Gasteiger partial charge in [0.25, 0.3) is 10.0 Å². The molecule has 2 aromatic carbocycles. The van der Waals surface area contributed by atoms with Crippen molar-refractivity contribution >= 4 is 38.5 Å². The molecule has 158 valence electrons. The van der Waals surface area contributed by atoms with E-state index in [2.05, 4.69) is 25.2 Å². The summed E-state index contributed by atoms with van der Waals surface area (Å²) >= 11 is 0. The van der Waals surface area contributed by atoms with E-state index in [9.17, 15) is 17.6 Å². The van der Waals surface area contributed by atoms with Gasteiger partial charge in [-0.15, -0.1) is 0 Å². The summed E-state index contributed by atoms with van der Waals surface area (Å²) in [4.78, 5) is 15.4. The molecular formula is C21H18FN5O3S. The summed E-state index contributed by atoms with van der Waals surface area (Å²) in [5, 5.41) is 9.80. The van der Waals surface area contributed by atoms with Crippen LogP contribution in [0.25, 0.3) is 22.2 Å². The summed E-state index contributed by atoms with van der Waals surface area (Å²) in [5.41, 5.74) is 2.40. The van der Waals surface area contributed by atoms with Gasteiger partial charge in [0.2, 0.25) is 5.91 Å². The highest BCUT2D eigenvalue weighted by atomic mass is 32.2. The lowest BCUT2D eigenvalue weighted by Crippen LogP contribution is -2.13. The molecule has 0 spiro atoms. The van der Waals surface area contributed by atoms with Gasteiger partial charge in [-0.05, 0) is 54.4 Å². The zero-order valence-corrected chi connectivity index (χ0v) is 17.4. The molecule has 4 rings (SSSR count). The Morgan fingerprint density at radius 2 is 1.90 bits per heavy atom. The van der Waals surface area contributed by atoms with Crippen molar-refractivity contribution in [3.8, 4) is 11.1 Å². The Balaban J connectivity index is 1.75. The fourth-order valence-electron chi connectivity index (χ4n) is 3.14. The van der Waals surface area contributed by atoms with Gasteiger partial charge < -0.3 is 5.32 Å². The monoisotopic (exact) mass is 439 g/mol. The number of anilines is 2. The first-order valence-corrected chi connectivity index (χ1v) is 10.7. The summed E-state index contributed by atoms with van der Waals surface area (Å²) in [6.07, 6.45) is 1.46. The van der Waals surface area contributed by atoms with Crippen LogP contribution in [0, 0.1) is 12.7 Å². The lowest BCUT2D eigenvalue weighted by atomic mass is 10.1. The molecule has 8 nitrogen and oxygen atoms in total. The van der Waals surface area contributed by atoms with Crippen molar-refractivity contribution in [2.24, 2.45) is 0 Å². The fourth-order valence-corrected chi connectivity index (χ4v) is 4.24. The number of nitrogens with one attached hydrogen (secondary N) is 3. The van der Waals surface area contributed by atoms with Crippen LogP contribution in [0.4, 0.5) is 15.9 Å². The Morgan fingerprint density at radius 1 is 1.10 bits per heavy atom. The molecule has 2 heterocycles. The molecule has 0 aliphatic carbocycles. The molecule has 0 aliphatic heterocycles. The van der Waals surface area contributed by atoms with Gasteiger partial charge in [0.15, 0.2) is 5.65 Å². The topological polar surface area (TPSA) is 117 Å². The van der Waals surface area contributed by atoms with E-state index in [0.717, 1.165) is 11.6 Å². The standard InChI is InChI=1S/C21H18FN5O3S/c1-12-4-3-5-17(6-12)27-31(29,30)18-8-14(7-16(22)10-18)15-9-19-20(23-11-15)25-26-21(19)24-13(2)28/h3-11,27H,1-2H3,(H2,23,24,25,26,28). The summed E-state index contributed by atoms with van der Waals surface area (Å²) in [7, 11) is -4.02. The number of sulfonamides is 1. The Labute approximate surface area is 177 Å². The van der Waals surface area contributed by atoms with Gasteiger partial charge in [0.05, 0.1) is 10.3 Å². The number of fused-ring (bicyclic) bond motifs is 1. The second-order valence-electron chi connectivity index (χ2n) is 7.03. The lowest BCUT2D eigenvalue weighted by molar-refractivity contribution is -0.114. The number of rotatable bonds is 5. The molecule has 0 radical (unpaired) electrons. The molecule has 4 aromatic rings. The number of hydrogen-bond acceptors (Lipinski definition) is 5. The van der Waals surface area contributed by atoms with E-state index in [4.69, 9.17) is 0 Å². The van der Waals surface area contributed by atoms with E-state index < -0.39 is 15.8 Å². The molecule has 31 heavy (non-hydrogen) atoms. The zero-order valence-electron chi connectivity index (χ0n) is 16.6. The maximum absolute atomic E-state index is 14.4. The minimum Gasteiger partial charge on any atom is -0.311 e. The highest BCUT2D eigenvalue weighted by Gasteiger charge is 2.18. The number of hydrogen-bond donors (Lipinski definition) is 3. The molecule has 0 atom stereocenters. The van der Waals surface area contributed by atoms with Gasteiger partial charge in [-0.1, -0.05) is 12.1 Å². The summed E-state index contributed by atoms with van der Waals surface area (Å²) in [6, 6.07) is 12.0. The van der Waals surface area contributed by atoms with Crippen LogP contribution in [0.2, 0.25) is 0 Å². The van der Waals surface area contributed by atoms with Gasteiger partial charge in [-0.25, -0.2) is 17.8 Å². The van der Waals surface area contributed by atoms with Crippen molar-refractivity contribution in [1.29, 1.82) is 0 Å². The van der Waals surface area contributed by atoms with Crippen LogP contribution in [0.1, 0.15) is 12.5 Å². The highest BCUT2D eigenvalue weighted by molar-refractivity contribution is 7.92. The number of halogens is 1. The first-order chi connectivity index (χ1) is 14.7. The first-order valence-electron chi connectivity index (χ1n) is 9.23. The number of pyridine rings is 1. The number of amides is 1. The van der Waals surface area contributed by atoms with Gasteiger partial charge in [-0.2, -0.15) is 5.10 Å². The molecule has 0 saturated heterocycles. The average Bonchev–Trinajstić information content (AvgIpc) is 3.08. The number of aromatic amines is 1. The van der Waals surface area contributed by atoms with E-state index in [1.807, 2.05) is 13.0 Å². The third kappa shape index (κ3) is 4.38. The largest absolute Gasteiger partial charge is 0.311 e. The molecule has 1 amide bonds. The predicted octanol–water partition coefficient (Wildman–Crippen LogP) is 3.83. The van der Waals surface area contributed by atoms with Crippen molar-refractivity contribution in [2.45, 2.75) is 18.7 Å². The zero-order chi connectivity index (χ0) is 22.2. The molecule has 0 saturated carbocycles. The van der Waals surface area contributed by atoms with Crippen LogP contribution in [0.5, 0.6) is 0 Å². The molecule has 3 N–H and O–H groups in total. The summed E-state index contributed by atoms with van der Waals surface area (Å²) in [5.74, 6) is -0.656. The number of H-pyrrole nitrogens is 1. The second-order valence-corrected chi connectivity index (χ2v) is 8.71. The molecule has 0 aliphatic rings. The molecule has 2 aromatic heterocycles. The van der Waals surface area contributed by atoms with Crippen molar-refractivity contribution in [2.75, 3.05) is 10.0 Å². The van der Waals surface area contributed by atoms with E-state index >= 15 is 0 Å². The van der Waals surface area contributed by atoms with Gasteiger partial charge >= 0.3 is 0 Å². The molecule has 0 unspecified atom stereocenters. The number of benzene rings is 2. The minimum absolute atomic E-state index is 0.224. The number of aromatic nitrogens is 3. The highest BCUT2D eigenvalue weighted by Crippen LogP contribution is 2.29. The Hall–Kier alpha value is -3.79. The predicted molar refractivity (Wildman–Crippen MR) is 116 cm³/mol. The SMILES string of the molecule is CC(=O)Nc1[nH]nc2ncc(-c3cc(F)cc(S(=O)(=O)Nc4cccc(C)c4)c3)cc12. The Kier molecular flexibility index (Phi) is 5.15. The molecule has 0 fully saturated rings. The van der Waals surface area contributed by atoms with E-state index in [-0.39, 0.29) is 10.8 Å². The van der Waals surface area contributed by atoms with Gasteiger partial charge in [-0.3, -0.25) is 14.6 Å². The van der Waals surface area contributed by atoms with Gasteiger partial charge in [0, 0.05) is 24.4 Å². The number of carbonyl (C=O) groups is 1. The van der Waals surface area contributed by atoms with Crippen molar-refractivity contribution in [1.82, 2.24) is 15.2 Å². The van der Waals surface area contributed by atoms with Crippen LogP contribution in [0.15, 0.2) is 59.6 Å². The first kappa shape index (κ1) is 20.5. The van der Waals surface area contributed by atoms with Crippen LogP contribution < -0.4 is 10.0 Å². The average molecular weight is 439 g/mol. The minimum atomic E-state index is -4.02. The van der Waals surface area contributed by atoms with E-state index in [0.29, 0.717) is 33.7 Å². The Morgan fingerprint density at radius 3 is 2.65 bits per heavy atom. The van der Waals surface area contributed by atoms with Gasteiger partial charge in [0.1, 0.15) is 11.6 Å². The summed E-state index contributed by atoms with van der Waals surface area (Å²) in [6.45, 7) is 3.20. The number of nitrogens with zero attached hydrogens (tertiary/aromatic N) is 2. The fraction of sp³-hybridized carbons (Fsp3) is 0.0952. The normalized spacial score (nSPS) is 11.5.